The molecule has 1 unspecified atom stereocenters. The normalized spacial score (nSPS) is 17.8. The molecular formula is C25H24F2N4O3. The zero-order valence-corrected chi connectivity index (χ0v) is 18.6. The molecule has 0 spiro atoms. The van der Waals surface area contributed by atoms with Crippen molar-refractivity contribution in [1.29, 1.82) is 0 Å². The highest BCUT2D eigenvalue weighted by Crippen LogP contribution is 2.38. The molecule has 3 aromatic rings. The average Bonchev–Trinajstić information content (AvgIpc) is 3.53. The number of carbonyl (C=O) groups excluding carboxylic acids is 2. The summed E-state index contributed by atoms with van der Waals surface area (Å²) in [4.78, 5) is 30.6. The second kappa shape index (κ2) is 8.55. The molecule has 0 saturated heterocycles. The quantitative estimate of drug-likeness (QED) is 0.578. The first-order chi connectivity index (χ1) is 16.4. The maximum absolute atomic E-state index is 13.3. The molecule has 1 fully saturated rings. The topological polar surface area (TPSA) is 85.3 Å². The maximum atomic E-state index is 13.3. The lowest BCUT2D eigenvalue weighted by atomic mass is 10.0. The van der Waals surface area contributed by atoms with Crippen LogP contribution in [0, 0.1) is 6.92 Å². The lowest BCUT2D eigenvalue weighted by Crippen LogP contribution is -2.50. The van der Waals surface area contributed by atoms with E-state index < -0.39 is 18.1 Å². The predicted octanol–water partition coefficient (Wildman–Crippen LogP) is 3.85. The summed E-state index contributed by atoms with van der Waals surface area (Å²) < 4.78 is 31.1. The molecule has 1 aliphatic carbocycles. The van der Waals surface area contributed by atoms with E-state index in [1.807, 2.05) is 19.1 Å². The summed E-state index contributed by atoms with van der Waals surface area (Å²) in [6.45, 7) is -0.952. The standard InChI is InChI=1S/C25H24F2N4O3/c1-15-14-28-21-19(11-8-16-4-2-3-5-20(16)31(15)21)29-23(33)25(12-13-25)30-22(32)17-6-9-18(10-7-17)34-24(26)27/h2-7,9-10,14,19,24H,8,11-13H2,1H3,(H,29,33)(H,30,32). The maximum Gasteiger partial charge on any atom is 0.387 e. The largest absolute Gasteiger partial charge is 0.435 e. The van der Waals surface area contributed by atoms with Gasteiger partial charge in [0.05, 0.1) is 11.7 Å². The first kappa shape index (κ1) is 22.1. The first-order valence-corrected chi connectivity index (χ1v) is 11.2. The Labute approximate surface area is 195 Å². The predicted molar refractivity (Wildman–Crippen MR) is 120 cm³/mol. The monoisotopic (exact) mass is 466 g/mol. The van der Waals surface area contributed by atoms with Crippen molar-refractivity contribution < 1.29 is 23.1 Å². The number of benzene rings is 2. The molecule has 2 aromatic carbocycles. The summed E-state index contributed by atoms with van der Waals surface area (Å²) in [5.41, 5.74) is 2.52. The molecular weight excluding hydrogens is 442 g/mol. The minimum atomic E-state index is -2.94. The summed E-state index contributed by atoms with van der Waals surface area (Å²) >= 11 is 0. The van der Waals surface area contributed by atoms with Crippen molar-refractivity contribution in [2.75, 3.05) is 0 Å². The minimum Gasteiger partial charge on any atom is -0.435 e. The molecule has 2 amide bonds. The number of carbonyl (C=O) groups is 2. The van der Waals surface area contributed by atoms with Gasteiger partial charge in [-0.3, -0.25) is 14.2 Å². The van der Waals surface area contributed by atoms with E-state index in [0.717, 1.165) is 23.6 Å². The van der Waals surface area contributed by atoms with Crippen LogP contribution in [0.15, 0.2) is 54.7 Å². The number of hydrogen-bond donors (Lipinski definition) is 2. The van der Waals surface area contributed by atoms with Crippen molar-refractivity contribution >= 4 is 11.8 Å². The van der Waals surface area contributed by atoms with Crippen LogP contribution in [0.3, 0.4) is 0 Å². The lowest BCUT2D eigenvalue weighted by molar-refractivity contribution is -0.124. The van der Waals surface area contributed by atoms with Crippen molar-refractivity contribution in [3.05, 3.63) is 77.4 Å². The Morgan fingerprint density at radius 3 is 2.59 bits per heavy atom. The molecule has 5 rings (SSSR count). The van der Waals surface area contributed by atoms with Gasteiger partial charge in [-0.05, 0) is 68.5 Å². The third-order valence-electron chi connectivity index (χ3n) is 6.40. The number of nitrogens with zero attached hydrogens (tertiary/aromatic N) is 2. The van der Waals surface area contributed by atoms with E-state index in [1.165, 1.54) is 29.8 Å². The Bertz CT molecular complexity index is 1240. The number of aromatic nitrogens is 2. The molecule has 0 radical (unpaired) electrons. The van der Waals surface area contributed by atoms with Gasteiger partial charge in [-0.25, -0.2) is 4.98 Å². The van der Waals surface area contributed by atoms with Crippen molar-refractivity contribution in [3.8, 4) is 11.4 Å². The molecule has 0 bridgehead atoms. The van der Waals surface area contributed by atoms with Crippen LogP contribution in [-0.4, -0.2) is 33.5 Å². The van der Waals surface area contributed by atoms with E-state index in [-0.39, 0.29) is 23.3 Å². The number of halogens is 2. The van der Waals surface area contributed by atoms with Gasteiger partial charge in [0.2, 0.25) is 5.91 Å². The van der Waals surface area contributed by atoms with Gasteiger partial charge in [0.15, 0.2) is 0 Å². The summed E-state index contributed by atoms with van der Waals surface area (Å²) in [6, 6.07) is 13.2. The Balaban J connectivity index is 1.30. The van der Waals surface area contributed by atoms with Gasteiger partial charge < -0.3 is 15.4 Å². The van der Waals surface area contributed by atoms with Gasteiger partial charge in [0.25, 0.3) is 5.91 Å². The summed E-state index contributed by atoms with van der Waals surface area (Å²) in [5, 5.41) is 5.94. The second-order valence-electron chi connectivity index (χ2n) is 8.73. The fourth-order valence-electron chi connectivity index (χ4n) is 4.43. The second-order valence-corrected chi connectivity index (χ2v) is 8.73. The smallest absolute Gasteiger partial charge is 0.387 e. The fraction of sp³-hybridized carbons (Fsp3) is 0.320. The zero-order chi connectivity index (χ0) is 23.9. The van der Waals surface area contributed by atoms with E-state index in [1.54, 1.807) is 6.20 Å². The molecule has 1 aromatic heterocycles. The molecule has 2 N–H and O–H groups in total. The third-order valence-corrected chi connectivity index (χ3v) is 6.40. The molecule has 2 heterocycles. The van der Waals surface area contributed by atoms with E-state index in [0.29, 0.717) is 19.3 Å². The SMILES string of the molecule is Cc1cnc2n1-c1ccccc1CCC2NC(=O)C1(NC(=O)c2ccc(OC(F)F)cc2)CC1. The number of amides is 2. The van der Waals surface area contributed by atoms with E-state index in [4.69, 9.17) is 0 Å². The van der Waals surface area contributed by atoms with Crippen LogP contribution in [0.4, 0.5) is 8.78 Å². The number of hydrogen-bond acceptors (Lipinski definition) is 4. The van der Waals surface area contributed by atoms with E-state index >= 15 is 0 Å². The molecule has 9 heteroatoms. The molecule has 1 aliphatic heterocycles. The van der Waals surface area contributed by atoms with Crippen molar-refractivity contribution in [1.82, 2.24) is 20.2 Å². The number of nitrogens with one attached hydrogen (secondary N) is 2. The molecule has 1 saturated carbocycles. The molecule has 1 atom stereocenters. The highest BCUT2D eigenvalue weighted by Gasteiger charge is 2.52. The average molecular weight is 466 g/mol. The number of rotatable bonds is 6. The minimum absolute atomic E-state index is 0.0365. The van der Waals surface area contributed by atoms with Crippen LogP contribution >= 0.6 is 0 Å². The van der Waals surface area contributed by atoms with Crippen molar-refractivity contribution in [2.24, 2.45) is 0 Å². The van der Waals surface area contributed by atoms with Gasteiger partial charge >= 0.3 is 6.61 Å². The highest BCUT2D eigenvalue weighted by molar-refractivity contribution is 6.00. The molecule has 7 nitrogen and oxygen atoms in total. The number of para-hydroxylation sites is 1. The van der Waals surface area contributed by atoms with Crippen LogP contribution in [-0.2, 0) is 11.2 Å². The van der Waals surface area contributed by atoms with E-state index in [2.05, 4.69) is 37.1 Å². The number of alkyl halides is 2. The van der Waals surface area contributed by atoms with Gasteiger partial charge in [-0.2, -0.15) is 8.78 Å². The van der Waals surface area contributed by atoms with Crippen molar-refractivity contribution in [3.63, 3.8) is 0 Å². The Hall–Kier alpha value is -3.75. The number of ether oxygens (including phenoxy) is 1. The molecule has 176 valence electrons. The van der Waals surface area contributed by atoms with Crippen LogP contribution < -0.4 is 15.4 Å². The van der Waals surface area contributed by atoms with Crippen molar-refractivity contribution in [2.45, 2.75) is 50.8 Å². The van der Waals surface area contributed by atoms with Gasteiger partial charge in [0.1, 0.15) is 17.1 Å². The van der Waals surface area contributed by atoms with Crippen LogP contribution in [0.5, 0.6) is 5.75 Å². The third kappa shape index (κ3) is 4.13. The first-order valence-electron chi connectivity index (χ1n) is 11.2. The zero-order valence-electron chi connectivity index (χ0n) is 18.6. The lowest BCUT2D eigenvalue weighted by Gasteiger charge is -2.22. The summed E-state index contributed by atoms with van der Waals surface area (Å²) in [7, 11) is 0. The number of imidazole rings is 1. The van der Waals surface area contributed by atoms with Crippen LogP contribution in [0.2, 0.25) is 0 Å². The highest BCUT2D eigenvalue weighted by atomic mass is 19.3. The Morgan fingerprint density at radius 2 is 1.88 bits per heavy atom. The van der Waals surface area contributed by atoms with Crippen LogP contribution in [0.1, 0.15) is 52.7 Å². The fourth-order valence-corrected chi connectivity index (χ4v) is 4.43. The van der Waals surface area contributed by atoms with E-state index in [9.17, 15) is 18.4 Å². The van der Waals surface area contributed by atoms with Gasteiger partial charge in [-0.15, -0.1) is 0 Å². The Kier molecular flexibility index (Phi) is 5.55. The van der Waals surface area contributed by atoms with Crippen LogP contribution in [0.25, 0.3) is 5.69 Å². The molecule has 2 aliphatic rings. The summed E-state index contributed by atoms with van der Waals surface area (Å²) in [5.74, 6) is 0.0432. The number of aryl methyl sites for hydroxylation is 2. The summed E-state index contributed by atoms with van der Waals surface area (Å²) in [6.07, 6.45) is 4.33. The molecule has 34 heavy (non-hydrogen) atoms. The van der Waals surface area contributed by atoms with Gasteiger partial charge in [-0.1, -0.05) is 18.2 Å². The Morgan fingerprint density at radius 1 is 1.15 bits per heavy atom. The number of fused-ring (bicyclic) bond motifs is 3. The van der Waals surface area contributed by atoms with Gasteiger partial charge in [0, 0.05) is 17.5 Å².